The Kier molecular flexibility index (Phi) is 5.35. The van der Waals surface area contributed by atoms with E-state index in [2.05, 4.69) is 5.32 Å². The lowest BCUT2D eigenvalue weighted by molar-refractivity contribution is -0.121. The molecule has 0 saturated carbocycles. The minimum Gasteiger partial charge on any atom is -0.350 e. The minimum absolute atomic E-state index is 0.108. The molecular weight excluding hydrogens is 304 g/mol. The number of rotatable bonds is 5. The van der Waals surface area contributed by atoms with E-state index >= 15 is 0 Å². The van der Waals surface area contributed by atoms with Gasteiger partial charge >= 0.3 is 0 Å². The summed E-state index contributed by atoms with van der Waals surface area (Å²) in [6.45, 7) is 6.57. The Labute approximate surface area is 131 Å². The van der Waals surface area contributed by atoms with Gasteiger partial charge in [0.2, 0.25) is 15.9 Å². The lowest BCUT2D eigenvalue weighted by Crippen LogP contribution is -2.47. The van der Waals surface area contributed by atoms with Crippen LogP contribution in [0.25, 0.3) is 0 Å². The first-order valence-corrected chi connectivity index (χ1v) is 8.65. The first-order valence-electron chi connectivity index (χ1n) is 6.80. The van der Waals surface area contributed by atoms with Gasteiger partial charge in [-0.15, -0.1) is 0 Å². The third kappa shape index (κ3) is 5.48. The van der Waals surface area contributed by atoms with E-state index in [4.69, 9.17) is 0 Å². The van der Waals surface area contributed by atoms with Crippen molar-refractivity contribution in [3.05, 3.63) is 29.8 Å². The molecule has 0 aromatic heterocycles. The zero-order valence-corrected chi connectivity index (χ0v) is 14.3. The van der Waals surface area contributed by atoms with Crippen LogP contribution in [0.5, 0.6) is 0 Å². The molecular formula is C15H22N2O4S. The highest BCUT2D eigenvalue weighted by Gasteiger charge is 2.23. The zero-order valence-electron chi connectivity index (χ0n) is 13.5. The summed E-state index contributed by atoms with van der Waals surface area (Å²) in [5, 5.41) is 2.72. The molecule has 0 bridgehead atoms. The predicted octanol–water partition coefficient (Wildman–Crippen LogP) is 1.57. The van der Waals surface area contributed by atoms with Crippen LogP contribution < -0.4 is 9.62 Å². The number of hydrogen-bond acceptors (Lipinski definition) is 4. The van der Waals surface area contributed by atoms with Gasteiger partial charge in [-0.2, -0.15) is 0 Å². The first kappa shape index (κ1) is 18.2. The van der Waals surface area contributed by atoms with Crippen molar-refractivity contribution in [2.45, 2.75) is 33.2 Å². The number of sulfonamides is 1. The Balaban J connectivity index is 3.05. The number of amides is 1. The summed E-state index contributed by atoms with van der Waals surface area (Å²) in [5.74, 6) is -0.503. The maximum atomic E-state index is 12.0. The van der Waals surface area contributed by atoms with E-state index in [1.165, 1.54) is 31.2 Å². The Morgan fingerprint density at radius 3 is 2.00 bits per heavy atom. The molecule has 0 heterocycles. The van der Waals surface area contributed by atoms with Gasteiger partial charge in [0, 0.05) is 11.1 Å². The molecule has 1 amide bonds. The standard InChI is InChI=1S/C15H22N2O4S/c1-11(18)12-6-8-13(9-7-12)17(22(5,20)21)10-14(19)16-15(2,3)4/h6-9H,10H2,1-5H3,(H,16,19). The van der Waals surface area contributed by atoms with E-state index in [1.54, 1.807) is 0 Å². The molecule has 7 heteroatoms. The van der Waals surface area contributed by atoms with Crippen LogP contribution in [0, 0.1) is 0 Å². The number of anilines is 1. The fraction of sp³-hybridized carbons (Fsp3) is 0.467. The zero-order chi connectivity index (χ0) is 17.1. The number of benzene rings is 1. The van der Waals surface area contributed by atoms with Gasteiger partial charge in [0.1, 0.15) is 6.54 Å². The quantitative estimate of drug-likeness (QED) is 0.833. The number of carbonyl (C=O) groups excluding carboxylic acids is 2. The second-order valence-electron chi connectivity index (χ2n) is 6.17. The molecule has 1 aromatic carbocycles. The van der Waals surface area contributed by atoms with Gasteiger partial charge in [0.05, 0.1) is 11.9 Å². The van der Waals surface area contributed by atoms with E-state index in [1.807, 2.05) is 20.8 Å². The number of nitrogens with one attached hydrogen (secondary N) is 1. The Bertz CT molecular complexity index is 658. The summed E-state index contributed by atoms with van der Waals surface area (Å²) in [7, 11) is -3.61. The molecule has 0 aliphatic heterocycles. The SMILES string of the molecule is CC(=O)c1ccc(N(CC(=O)NC(C)(C)C)S(C)(=O)=O)cc1. The largest absolute Gasteiger partial charge is 0.350 e. The third-order valence-corrected chi connectivity index (χ3v) is 3.90. The smallest absolute Gasteiger partial charge is 0.241 e. The highest BCUT2D eigenvalue weighted by molar-refractivity contribution is 7.92. The molecule has 122 valence electrons. The summed E-state index contributed by atoms with van der Waals surface area (Å²) in [5.41, 5.74) is 0.381. The van der Waals surface area contributed by atoms with Gasteiger partial charge in [-0.05, 0) is 52.0 Å². The van der Waals surface area contributed by atoms with Gasteiger partial charge in [-0.25, -0.2) is 8.42 Å². The average Bonchev–Trinajstić information content (AvgIpc) is 2.32. The van der Waals surface area contributed by atoms with E-state index in [-0.39, 0.29) is 12.3 Å². The molecule has 0 fully saturated rings. The molecule has 1 rings (SSSR count). The number of carbonyl (C=O) groups is 2. The highest BCUT2D eigenvalue weighted by Crippen LogP contribution is 2.18. The second kappa shape index (κ2) is 6.48. The number of nitrogens with zero attached hydrogens (tertiary/aromatic N) is 1. The molecule has 6 nitrogen and oxygen atoms in total. The van der Waals surface area contributed by atoms with E-state index in [0.29, 0.717) is 11.3 Å². The second-order valence-corrected chi connectivity index (χ2v) is 8.08. The van der Waals surface area contributed by atoms with Crippen molar-refractivity contribution in [3.8, 4) is 0 Å². The topological polar surface area (TPSA) is 83.6 Å². The van der Waals surface area contributed by atoms with Crippen molar-refractivity contribution in [2.75, 3.05) is 17.1 Å². The van der Waals surface area contributed by atoms with Crippen LogP contribution >= 0.6 is 0 Å². The van der Waals surface area contributed by atoms with Crippen molar-refractivity contribution in [1.82, 2.24) is 5.32 Å². The summed E-state index contributed by atoms with van der Waals surface area (Å²) in [4.78, 5) is 23.3. The van der Waals surface area contributed by atoms with Crippen LogP contribution in [-0.2, 0) is 14.8 Å². The van der Waals surface area contributed by atoms with Gasteiger partial charge in [0.15, 0.2) is 5.78 Å². The van der Waals surface area contributed by atoms with Gasteiger partial charge < -0.3 is 5.32 Å². The minimum atomic E-state index is -3.61. The number of hydrogen-bond donors (Lipinski definition) is 1. The Hall–Kier alpha value is -1.89. The van der Waals surface area contributed by atoms with Crippen LogP contribution in [0.4, 0.5) is 5.69 Å². The monoisotopic (exact) mass is 326 g/mol. The van der Waals surface area contributed by atoms with Crippen LogP contribution in [0.2, 0.25) is 0 Å². The Morgan fingerprint density at radius 1 is 1.14 bits per heavy atom. The molecule has 22 heavy (non-hydrogen) atoms. The van der Waals surface area contributed by atoms with Gasteiger partial charge in [-0.3, -0.25) is 13.9 Å². The maximum Gasteiger partial charge on any atom is 0.241 e. The van der Waals surface area contributed by atoms with Crippen molar-refractivity contribution < 1.29 is 18.0 Å². The molecule has 0 radical (unpaired) electrons. The first-order chi connectivity index (χ1) is 9.90. The van der Waals surface area contributed by atoms with Crippen LogP contribution in [0.1, 0.15) is 38.1 Å². The van der Waals surface area contributed by atoms with Crippen molar-refractivity contribution in [2.24, 2.45) is 0 Å². The van der Waals surface area contributed by atoms with Crippen LogP contribution in [-0.4, -0.2) is 38.4 Å². The lowest BCUT2D eigenvalue weighted by atomic mass is 10.1. The van der Waals surface area contributed by atoms with Crippen molar-refractivity contribution in [3.63, 3.8) is 0 Å². The molecule has 0 saturated heterocycles. The Morgan fingerprint density at radius 2 is 1.64 bits per heavy atom. The normalized spacial score (nSPS) is 11.9. The van der Waals surface area contributed by atoms with Crippen LogP contribution in [0.15, 0.2) is 24.3 Å². The molecule has 0 unspecified atom stereocenters. The molecule has 0 aliphatic carbocycles. The molecule has 1 N–H and O–H groups in total. The van der Waals surface area contributed by atoms with Crippen molar-refractivity contribution in [1.29, 1.82) is 0 Å². The maximum absolute atomic E-state index is 12.0. The van der Waals surface area contributed by atoms with E-state index < -0.39 is 21.5 Å². The number of ketones is 1. The average molecular weight is 326 g/mol. The number of Topliss-reactive ketones (excluding diaryl/α,β-unsaturated/α-hetero) is 1. The van der Waals surface area contributed by atoms with Crippen LogP contribution in [0.3, 0.4) is 0 Å². The highest BCUT2D eigenvalue weighted by atomic mass is 32.2. The fourth-order valence-corrected chi connectivity index (χ4v) is 2.71. The van der Waals surface area contributed by atoms with Crippen molar-refractivity contribution >= 4 is 27.4 Å². The summed E-state index contributed by atoms with van der Waals surface area (Å²) >= 11 is 0. The lowest BCUT2D eigenvalue weighted by Gasteiger charge is -2.25. The van der Waals surface area contributed by atoms with Gasteiger partial charge in [-0.1, -0.05) is 0 Å². The molecule has 0 spiro atoms. The van der Waals surface area contributed by atoms with Gasteiger partial charge in [0.25, 0.3) is 0 Å². The molecule has 0 atom stereocenters. The van der Waals surface area contributed by atoms with E-state index in [0.717, 1.165) is 10.6 Å². The molecule has 0 aliphatic rings. The third-order valence-electron chi connectivity index (χ3n) is 2.76. The molecule has 1 aromatic rings. The summed E-state index contributed by atoms with van der Waals surface area (Å²) in [6.07, 6.45) is 1.04. The van der Waals surface area contributed by atoms with E-state index in [9.17, 15) is 18.0 Å². The summed E-state index contributed by atoms with van der Waals surface area (Å²) in [6, 6.07) is 6.11. The predicted molar refractivity (Wildman–Crippen MR) is 86.5 cm³/mol. The fourth-order valence-electron chi connectivity index (χ4n) is 1.85. The summed E-state index contributed by atoms with van der Waals surface area (Å²) < 4.78 is 24.9.